The minimum atomic E-state index is -4.40. The molecule has 0 bridgehead atoms. The molecule has 0 atom stereocenters. The molecule has 0 fully saturated rings. The molecule has 0 spiro atoms. The fourth-order valence-corrected chi connectivity index (χ4v) is 1.83. The van der Waals surface area contributed by atoms with Crippen LogP contribution in [0.15, 0.2) is 24.4 Å². The van der Waals surface area contributed by atoms with Crippen LogP contribution in [0.3, 0.4) is 0 Å². The number of fused-ring (bicyclic) bond motifs is 1. The molecule has 0 radical (unpaired) electrons. The average molecular weight is 257 g/mol. The number of aryl methyl sites for hydroxylation is 1. The van der Waals surface area contributed by atoms with E-state index in [1.165, 1.54) is 36.8 Å². The standard InChI is InChI=1S/C12H10F3NO2/c1-7-10(12(13,14)15)5-9-4-3-8(6-16(7)9)11(17)18-2/h3-6H,1-2H3. The van der Waals surface area contributed by atoms with Gasteiger partial charge in [0.25, 0.3) is 0 Å². The normalized spacial score (nSPS) is 11.8. The van der Waals surface area contributed by atoms with Crippen molar-refractivity contribution >= 4 is 11.5 Å². The molecule has 2 aromatic heterocycles. The zero-order valence-corrected chi connectivity index (χ0v) is 9.71. The van der Waals surface area contributed by atoms with Gasteiger partial charge in [-0.15, -0.1) is 0 Å². The van der Waals surface area contributed by atoms with Crippen molar-refractivity contribution in [2.24, 2.45) is 0 Å². The largest absolute Gasteiger partial charge is 0.465 e. The third-order valence-electron chi connectivity index (χ3n) is 2.75. The van der Waals surface area contributed by atoms with Crippen molar-refractivity contribution < 1.29 is 22.7 Å². The summed E-state index contributed by atoms with van der Waals surface area (Å²) in [7, 11) is 1.22. The first-order chi connectivity index (χ1) is 8.34. The highest BCUT2D eigenvalue weighted by molar-refractivity contribution is 5.89. The lowest BCUT2D eigenvalue weighted by molar-refractivity contribution is -0.138. The molecular formula is C12H10F3NO2. The van der Waals surface area contributed by atoms with Crippen LogP contribution in [0.4, 0.5) is 13.2 Å². The Morgan fingerprint density at radius 3 is 2.56 bits per heavy atom. The SMILES string of the molecule is COC(=O)c1ccc2cc(C(F)(F)F)c(C)n2c1. The molecule has 0 amide bonds. The first-order valence-electron chi connectivity index (χ1n) is 5.12. The fourth-order valence-electron chi connectivity index (χ4n) is 1.83. The number of carbonyl (C=O) groups excluding carboxylic acids is 1. The minimum Gasteiger partial charge on any atom is -0.465 e. The van der Waals surface area contributed by atoms with Crippen molar-refractivity contribution in [3.63, 3.8) is 0 Å². The van der Waals surface area contributed by atoms with Gasteiger partial charge < -0.3 is 9.14 Å². The van der Waals surface area contributed by atoms with Crippen LogP contribution in [0.1, 0.15) is 21.6 Å². The number of hydrogen-bond acceptors (Lipinski definition) is 2. The zero-order chi connectivity index (χ0) is 13.5. The average Bonchev–Trinajstić information content (AvgIpc) is 2.65. The summed E-state index contributed by atoms with van der Waals surface area (Å²) in [5.41, 5.74) is -0.0716. The smallest absolute Gasteiger partial charge is 0.418 e. The molecule has 2 heterocycles. The number of pyridine rings is 1. The van der Waals surface area contributed by atoms with E-state index < -0.39 is 17.7 Å². The maximum Gasteiger partial charge on any atom is 0.418 e. The van der Waals surface area contributed by atoms with E-state index in [-0.39, 0.29) is 11.3 Å². The Balaban J connectivity index is 2.64. The summed E-state index contributed by atoms with van der Waals surface area (Å²) in [5, 5.41) is 0. The van der Waals surface area contributed by atoms with E-state index in [0.29, 0.717) is 5.52 Å². The van der Waals surface area contributed by atoms with Crippen LogP contribution in [-0.4, -0.2) is 17.5 Å². The van der Waals surface area contributed by atoms with Crippen molar-refractivity contribution in [2.45, 2.75) is 13.1 Å². The molecule has 0 aliphatic carbocycles. The van der Waals surface area contributed by atoms with Gasteiger partial charge in [0.15, 0.2) is 0 Å². The molecule has 3 nitrogen and oxygen atoms in total. The molecule has 18 heavy (non-hydrogen) atoms. The van der Waals surface area contributed by atoms with E-state index in [2.05, 4.69) is 4.74 Å². The van der Waals surface area contributed by atoms with Gasteiger partial charge in [0.2, 0.25) is 0 Å². The molecule has 6 heteroatoms. The summed E-state index contributed by atoms with van der Waals surface area (Å²) < 4.78 is 44.0. The molecule has 2 aromatic rings. The van der Waals surface area contributed by atoms with E-state index in [4.69, 9.17) is 0 Å². The Kier molecular flexibility index (Phi) is 2.80. The Bertz CT molecular complexity index is 614. The maximum atomic E-state index is 12.7. The monoisotopic (exact) mass is 257 g/mol. The summed E-state index contributed by atoms with van der Waals surface area (Å²) in [6.45, 7) is 1.36. The van der Waals surface area contributed by atoms with Gasteiger partial charge in [0.05, 0.1) is 18.2 Å². The van der Waals surface area contributed by atoms with E-state index >= 15 is 0 Å². The second-order valence-corrected chi connectivity index (χ2v) is 3.85. The van der Waals surface area contributed by atoms with Crippen molar-refractivity contribution in [3.8, 4) is 0 Å². The van der Waals surface area contributed by atoms with E-state index in [0.717, 1.165) is 6.07 Å². The first kappa shape index (κ1) is 12.5. The maximum absolute atomic E-state index is 12.7. The van der Waals surface area contributed by atoms with Gasteiger partial charge >= 0.3 is 12.1 Å². The first-order valence-corrected chi connectivity index (χ1v) is 5.12. The van der Waals surface area contributed by atoms with Crippen LogP contribution in [-0.2, 0) is 10.9 Å². The number of alkyl halides is 3. The Morgan fingerprint density at radius 2 is 2.00 bits per heavy atom. The summed E-state index contributed by atoms with van der Waals surface area (Å²) in [5.74, 6) is -0.585. The van der Waals surface area contributed by atoms with Crippen LogP contribution in [0, 0.1) is 6.92 Å². The number of esters is 1. The van der Waals surface area contributed by atoms with Crippen LogP contribution >= 0.6 is 0 Å². The molecule has 0 saturated heterocycles. The Hall–Kier alpha value is -1.98. The highest BCUT2D eigenvalue weighted by atomic mass is 19.4. The molecule has 0 aromatic carbocycles. The zero-order valence-electron chi connectivity index (χ0n) is 9.71. The second kappa shape index (κ2) is 4.04. The minimum absolute atomic E-state index is 0.0447. The van der Waals surface area contributed by atoms with Gasteiger partial charge in [0, 0.05) is 17.4 Å². The molecule has 0 N–H and O–H groups in total. The van der Waals surface area contributed by atoms with E-state index in [1.807, 2.05) is 0 Å². The summed E-state index contributed by atoms with van der Waals surface area (Å²) >= 11 is 0. The van der Waals surface area contributed by atoms with Crippen molar-refractivity contribution in [1.29, 1.82) is 0 Å². The Morgan fingerprint density at radius 1 is 1.33 bits per heavy atom. The molecule has 0 saturated carbocycles. The van der Waals surface area contributed by atoms with Crippen molar-refractivity contribution in [2.75, 3.05) is 7.11 Å². The van der Waals surface area contributed by atoms with Crippen molar-refractivity contribution in [3.05, 3.63) is 41.2 Å². The number of carbonyl (C=O) groups is 1. The predicted octanol–water partition coefficient (Wildman–Crippen LogP) is 3.05. The van der Waals surface area contributed by atoms with E-state index in [1.54, 1.807) is 0 Å². The second-order valence-electron chi connectivity index (χ2n) is 3.85. The topological polar surface area (TPSA) is 30.7 Å². The molecule has 0 unspecified atom stereocenters. The van der Waals surface area contributed by atoms with Gasteiger partial charge in [-0.1, -0.05) is 0 Å². The molecule has 2 rings (SSSR count). The molecule has 0 aliphatic heterocycles. The summed E-state index contributed by atoms with van der Waals surface area (Å²) in [6.07, 6.45) is -3.06. The third-order valence-corrected chi connectivity index (χ3v) is 2.75. The lowest BCUT2D eigenvalue weighted by atomic mass is 10.2. The third kappa shape index (κ3) is 1.94. The number of hydrogen-bond donors (Lipinski definition) is 0. The Labute approximate surface area is 101 Å². The highest BCUT2D eigenvalue weighted by Gasteiger charge is 2.34. The molecular weight excluding hydrogens is 247 g/mol. The van der Waals surface area contributed by atoms with Gasteiger partial charge in [-0.05, 0) is 25.1 Å². The molecule has 96 valence electrons. The van der Waals surface area contributed by atoms with Crippen LogP contribution in [0.5, 0.6) is 0 Å². The van der Waals surface area contributed by atoms with Crippen molar-refractivity contribution in [1.82, 2.24) is 4.40 Å². The number of rotatable bonds is 1. The number of ether oxygens (including phenoxy) is 1. The number of halogens is 3. The lowest BCUT2D eigenvalue weighted by Gasteiger charge is -2.05. The van der Waals surface area contributed by atoms with Gasteiger partial charge in [-0.3, -0.25) is 0 Å². The number of methoxy groups -OCH3 is 1. The highest BCUT2D eigenvalue weighted by Crippen LogP contribution is 2.33. The van der Waals surface area contributed by atoms with E-state index in [9.17, 15) is 18.0 Å². The summed E-state index contributed by atoms with van der Waals surface area (Å²) in [4.78, 5) is 11.3. The number of nitrogens with zero attached hydrogens (tertiary/aromatic N) is 1. The van der Waals surface area contributed by atoms with Crippen LogP contribution in [0.25, 0.3) is 5.52 Å². The van der Waals surface area contributed by atoms with Crippen LogP contribution in [0.2, 0.25) is 0 Å². The lowest BCUT2D eigenvalue weighted by Crippen LogP contribution is -2.06. The predicted molar refractivity (Wildman–Crippen MR) is 58.5 cm³/mol. The summed E-state index contributed by atoms with van der Waals surface area (Å²) in [6, 6.07) is 3.94. The van der Waals surface area contributed by atoms with Gasteiger partial charge in [-0.2, -0.15) is 13.2 Å². The molecule has 0 aliphatic rings. The fraction of sp³-hybridized carbons (Fsp3) is 0.250. The van der Waals surface area contributed by atoms with Gasteiger partial charge in [-0.25, -0.2) is 4.79 Å². The number of aromatic nitrogens is 1. The van der Waals surface area contributed by atoms with Gasteiger partial charge in [0.1, 0.15) is 0 Å². The quantitative estimate of drug-likeness (QED) is 0.735. The van der Waals surface area contributed by atoms with Crippen LogP contribution < -0.4 is 0 Å².